The fourth-order valence-electron chi connectivity index (χ4n) is 3.50. The van der Waals surface area contributed by atoms with Crippen molar-refractivity contribution in [3.63, 3.8) is 0 Å². The SMILES string of the molecule is Cc1ccc(C(O)=C2C(=O)C(=O)N(Cc3ccco3)[C@@H]2c2ccc(F)cc2)cc1F. The molecular weight excluding hydrogens is 392 g/mol. The molecule has 1 aliphatic rings. The Balaban J connectivity index is 1.87. The van der Waals surface area contributed by atoms with E-state index in [1.54, 1.807) is 19.1 Å². The molecule has 0 unspecified atom stereocenters. The van der Waals surface area contributed by atoms with E-state index in [1.807, 2.05) is 0 Å². The molecule has 4 rings (SSSR count). The molecule has 1 aromatic heterocycles. The number of carbonyl (C=O) groups excluding carboxylic acids is 2. The quantitative estimate of drug-likeness (QED) is 0.392. The Morgan fingerprint density at radius 3 is 2.47 bits per heavy atom. The van der Waals surface area contributed by atoms with E-state index in [0.29, 0.717) is 16.9 Å². The molecule has 1 aliphatic heterocycles. The van der Waals surface area contributed by atoms with Gasteiger partial charge in [0.15, 0.2) is 0 Å². The number of aliphatic hydroxyl groups is 1. The highest BCUT2D eigenvalue weighted by atomic mass is 19.1. The Hall–Kier alpha value is -3.74. The zero-order valence-electron chi connectivity index (χ0n) is 15.9. The highest BCUT2D eigenvalue weighted by Gasteiger charge is 2.46. The van der Waals surface area contributed by atoms with Gasteiger partial charge in [0, 0.05) is 5.56 Å². The summed E-state index contributed by atoms with van der Waals surface area (Å²) < 4.78 is 32.8. The van der Waals surface area contributed by atoms with E-state index < -0.39 is 35.1 Å². The molecule has 1 N–H and O–H groups in total. The Morgan fingerprint density at radius 1 is 1.10 bits per heavy atom. The molecule has 0 saturated carbocycles. The molecule has 2 heterocycles. The average Bonchev–Trinajstić information content (AvgIpc) is 3.33. The number of furan rings is 1. The summed E-state index contributed by atoms with van der Waals surface area (Å²) in [6, 6.07) is 11.6. The number of likely N-dealkylation sites (tertiary alicyclic amines) is 1. The molecule has 152 valence electrons. The van der Waals surface area contributed by atoms with Crippen LogP contribution in [0, 0.1) is 18.6 Å². The highest BCUT2D eigenvalue weighted by Crippen LogP contribution is 2.40. The first-order valence-electron chi connectivity index (χ1n) is 9.19. The second-order valence-corrected chi connectivity index (χ2v) is 7.02. The van der Waals surface area contributed by atoms with Gasteiger partial charge in [-0.25, -0.2) is 8.78 Å². The lowest BCUT2D eigenvalue weighted by molar-refractivity contribution is -0.140. The number of amides is 1. The first-order chi connectivity index (χ1) is 14.4. The van der Waals surface area contributed by atoms with Crippen molar-refractivity contribution >= 4 is 17.4 Å². The lowest BCUT2D eigenvalue weighted by Crippen LogP contribution is -2.29. The highest BCUT2D eigenvalue weighted by molar-refractivity contribution is 6.46. The fraction of sp³-hybridized carbons (Fsp3) is 0.130. The summed E-state index contributed by atoms with van der Waals surface area (Å²) >= 11 is 0. The number of halogens is 2. The first-order valence-corrected chi connectivity index (χ1v) is 9.19. The van der Waals surface area contributed by atoms with E-state index in [4.69, 9.17) is 4.42 Å². The maximum absolute atomic E-state index is 14.0. The van der Waals surface area contributed by atoms with Gasteiger partial charge in [-0.15, -0.1) is 0 Å². The normalized spacial score (nSPS) is 18.2. The largest absolute Gasteiger partial charge is 0.507 e. The van der Waals surface area contributed by atoms with Crippen LogP contribution in [0.4, 0.5) is 8.78 Å². The van der Waals surface area contributed by atoms with Gasteiger partial charge < -0.3 is 14.4 Å². The fourth-order valence-corrected chi connectivity index (χ4v) is 3.50. The van der Waals surface area contributed by atoms with Crippen molar-refractivity contribution < 1.29 is 27.9 Å². The van der Waals surface area contributed by atoms with Crippen molar-refractivity contribution in [3.05, 3.63) is 101 Å². The summed E-state index contributed by atoms with van der Waals surface area (Å²) in [4.78, 5) is 26.9. The summed E-state index contributed by atoms with van der Waals surface area (Å²) in [7, 11) is 0. The monoisotopic (exact) mass is 409 g/mol. The van der Waals surface area contributed by atoms with E-state index >= 15 is 0 Å². The maximum Gasteiger partial charge on any atom is 0.296 e. The Bertz CT molecular complexity index is 1150. The topological polar surface area (TPSA) is 70.8 Å². The van der Waals surface area contributed by atoms with Crippen LogP contribution in [0.1, 0.15) is 28.5 Å². The van der Waals surface area contributed by atoms with Crippen LogP contribution in [0.25, 0.3) is 5.76 Å². The lowest BCUT2D eigenvalue weighted by Gasteiger charge is -2.24. The smallest absolute Gasteiger partial charge is 0.296 e. The molecular formula is C23H17F2NO4. The van der Waals surface area contributed by atoms with Gasteiger partial charge in [-0.3, -0.25) is 9.59 Å². The van der Waals surface area contributed by atoms with Gasteiger partial charge in [-0.05, 0) is 48.4 Å². The van der Waals surface area contributed by atoms with Crippen LogP contribution in [0.5, 0.6) is 0 Å². The number of rotatable bonds is 4. The van der Waals surface area contributed by atoms with Gasteiger partial charge in [0.1, 0.15) is 23.2 Å². The number of hydrogen-bond donors (Lipinski definition) is 1. The number of ketones is 1. The number of benzene rings is 2. The molecule has 0 aliphatic carbocycles. The number of aryl methyl sites for hydroxylation is 1. The molecule has 1 fully saturated rings. The molecule has 1 saturated heterocycles. The number of nitrogens with zero attached hydrogens (tertiary/aromatic N) is 1. The van der Waals surface area contributed by atoms with Crippen LogP contribution < -0.4 is 0 Å². The molecule has 0 spiro atoms. The summed E-state index contributed by atoms with van der Waals surface area (Å²) in [5.41, 5.74) is 0.679. The first kappa shape index (κ1) is 19.6. The standard InChI is InChI=1S/C23H17F2NO4/c1-13-4-5-15(11-18(13)25)21(27)19-20(14-6-8-16(24)9-7-14)26(23(29)22(19)28)12-17-3-2-10-30-17/h2-11,20,27H,12H2,1H3/t20-/m1/s1. The maximum atomic E-state index is 14.0. The van der Waals surface area contributed by atoms with Gasteiger partial charge in [0.05, 0.1) is 24.4 Å². The summed E-state index contributed by atoms with van der Waals surface area (Å²) in [6.45, 7) is 1.54. The summed E-state index contributed by atoms with van der Waals surface area (Å²) in [5.74, 6) is -2.84. The predicted octanol–water partition coefficient (Wildman–Crippen LogP) is 4.49. The van der Waals surface area contributed by atoms with Crippen molar-refractivity contribution in [2.45, 2.75) is 19.5 Å². The molecule has 5 nitrogen and oxygen atoms in total. The van der Waals surface area contributed by atoms with E-state index in [0.717, 1.165) is 6.07 Å². The lowest BCUT2D eigenvalue weighted by atomic mass is 9.95. The van der Waals surface area contributed by atoms with Crippen LogP contribution in [0.2, 0.25) is 0 Å². The van der Waals surface area contributed by atoms with E-state index in [2.05, 4.69) is 0 Å². The minimum Gasteiger partial charge on any atom is -0.507 e. The van der Waals surface area contributed by atoms with Crippen molar-refractivity contribution in [1.29, 1.82) is 0 Å². The predicted molar refractivity (Wildman–Crippen MR) is 104 cm³/mol. The van der Waals surface area contributed by atoms with Gasteiger partial charge in [-0.2, -0.15) is 0 Å². The molecule has 1 atom stereocenters. The molecule has 0 radical (unpaired) electrons. The molecule has 3 aromatic rings. The van der Waals surface area contributed by atoms with Crippen LogP contribution in [0.3, 0.4) is 0 Å². The number of carbonyl (C=O) groups is 2. The number of aliphatic hydroxyl groups excluding tert-OH is 1. The van der Waals surface area contributed by atoms with Crippen LogP contribution in [-0.2, 0) is 16.1 Å². The third-order valence-electron chi connectivity index (χ3n) is 5.08. The van der Waals surface area contributed by atoms with E-state index in [9.17, 15) is 23.5 Å². The molecule has 7 heteroatoms. The molecule has 0 bridgehead atoms. The van der Waals surface area contributed by atoms with Gasteiger partial charge in [-0.1, -0.05) is 24.3 Å². The minimum absolute atomic E-state index is 0.0291. The van der Waals surface area contributed by atoms with Crippen LogP contribution >= 0.6 is 0 Å². The zero-order valence-corrected chi connectivity index (χ0v) is 15.9. The summed E-state index contributed by atoms with van der Waals surface area (Å²) in [5, 5.41) is 10.9. The van der Waals surface area contributed by atoms with Crippen molar-refractivity contribution in [3.8, 4) is 0 Å². The zero-order chi connectivity index (χ0) is 21.4. The Kier molecular flexibility index (Phi) is 4.95. The van der Waals surface area contributed by atoms with Gasteiger partial charge in [0.2, 0.25) is 0 Å². The second-order valence-electron chi connectivity index (χ2n) is 7.02. The number of Topliss-reactive ketones (excluding diaryl/α,β-unsaturated/α-hetero) is 1. The molecule has 30 heavy (non-hydrogen) atoms. The Labute approximate surface area is 170 Å². The van der Waals surface area contributed by atoms with E-state index in [-0.39, 0.29) is 17.7 Å². The van der Waals surface area contributed by atoms with Gasteiger partial charge in [0.25, 0.3) is 11.7 Å². The summed E-state index contributed by atoms with van der Waals surface area (Å²) in [6.07, 6.45) is 1.44. The van der Waals surface area contributed by atoms with Gasteiger partial charge >= 0.3 is 0 Å². The third kappa shape index (κ3) is 3.39. The minimum atomic E-state index is -0.986. The van der Waals surface area contributed by atoms with Crippen LogP contribution in [0.15, 0.2) is 70.9 Å². The van der Waals surface area contributed by atoms with Crippen molar-refractivity contribution in [2.24, 2.45) is 0 Å². The Morgan fingerprint density at radius 2 is 1.83 bits per heavy atom. The second kappa shape index (κ2) is 7.59. The number of hydrogen-bond acceptors (Lipinski definition) is 4. The van der Waals surface area contributed by atoms with Crippen molar-refractivity contribution in [2.75, 3.05) is 0 Å². The van der Waals surface area contributed by atoms with Crippen molar-refractivity contribution in [1.82, 2.24) is 4.90 Å². The molecule has 1 amide bonds. The molecule has 2 aromatic carbocycles. The average molecular weight is 409 g/mol. The third-order valence-corrected chi connectivity index (χ3v) is 5.08. The van der Waals surface area contributed by atoms with Crippen LogP contribution in [-0.4, -0.2) is 21.7 Å². The van der Waals surface area contributed by atoms with E-state index in [1.165, 1.54) is 47.6 Å².